The van der Waals surface area contributed by atoms with Gasteiger partial charge in [-0.1, -0.05) is 12.1 Å². The van der Waals surface area contributed by atoms with Crippen molar-refractivity contribution in [2.24, 2.45) is 0 Å². The molecule has 3 rings (SSSR count). The van der Waals surface area contributed by atoms with Gasteiger partial charge in [0.25, 0.3) is 5.91 Å². The van der Waals surface area contributed by atoms with Crippen LogP contribution < -0.4 is 10.6 Å². The van der Waals surface area contributed by atoms with Gasteiger partial charge < -0.3 is 20.3 Å². The number of hydrogen-bond donors (Lipinski definition) is 2. The zero-order chi connectivity index (χ0) is 16.3. The Bertz CT molecular complexity index is 543. The molecule has 2 aliphatic rings. The minimum Gasteiger partial charge on any atom is -0.359 e. The number of halogens is 1. The summed E-state index contributed by atoms with van der Waals surface area (Å²) in [5, 5.41) is 6.24. The number of ether oxygens (including phenoxy) is 1. The molecule has 2 heterocycles. The molecule has 1 amide bonds. The molecule has 1 spiro atoms. The Labute approximate surface area is 136 Å². The van der Waals surface area contributed by atoms with E-state index in [1.54, 1.807) is 12.1 Å². The summed E-state index contributed by atoms with van der Waals surface area (Å²) in [6.45, 7) is 3.72. The second kappa shape index (κ2) is 6.95. The highest BCUT2D eigenvalue weighted by Crippen LogP contribution is 2.29. The predicted molar refractivity (Wildman–Crippen MR) is 85.5 cm³/mol. The molecule has 23 heavy (non-hydrogen) atoms. The van der Waals surface area contributed by atoms with Crippen LogP contribution in [0.2, 0.25) is 0 Å². The minimum atomic E-state index is -0.452. The minimum absolute atomic E-state index is 0.0983. The largest absolute Gasteiger partial charge is 0.359 e. The van der Waals surface area contributed by atoms with Crippen molar-refractivity contribution in [2.75, 3.05) is 33.2 Å². The smallest absolute Gasteiger partial charge is 0.250 e. The van der Waals surface area contributed by atoms with E-state index in [4.69, 9.17) is 4.74 Å². The van der Waals surface area contributed by atoms with Gasteiger partial charge in [0.2, 0.25) is 0 Å². The fourth-order valence-corrected chi connectivity index (χ4v) is 3.42. The lowest BCUT2D eigenvalue weighted by Crippen LogP contribution is -2.61. The number of benzene rings is 1. The van der Waals surface area contributed by atoms with E-state index in [0.717, 1.165) is 38.0 Å². The first-order valence-corrected chi connectivity index (χ1v) is 8.16. The number of carbonyl (C=O) groups is 1. The molecular formula is C17H24FN3O2. The monoisotopic (exact) mass is 321 g/mol. The maximum atomic E-state index is 12.9. The van der Waals surface area contributed by atoms with Gasteiger partial charge in [0.1, 0.15) is 11.9 Å². The normalized spacial score (nSPS) is 24.5. The lowest BCUT2D eigenvalue weighted by atomic mass is 9.89. The Morgan fingerprint density at radius 2 is 2.09 bits per heavy atom. The van der Waals surface area contributed by atoms with Gasteiger partial charge in [0, 0.05) is 19.6 Å². The first kappa shape index (κ1) is 16.4. The van der Waals surface area contributed by atoms with Crippen LogP contribution in [0.15, 0.2) is 24.3 Å². The van der Waals surface area contributed by atoms with E-state index in [-0.39, 0.29) is 17.3 Å². The van der Waals surface area contributed by atoms with Gasteiger partial charge in [-0.2, -0.15) is 0 Å². The van der Waals surface area contributed by atoms with Crippen LogP contribution in [-0.4, -0.2) is 55.7 Å². The van der Waals surface area contributed by atoms with E-state index in [0.29, 0.717) is 13.1 Å². The van der Waals surface area contributed by atoms with Crippen LogP contribution >= 0.6 is 0 Å². The summed E-state index contributed by atoms with van der Waals surface area (Å²) in [6, 6.07) is 6.16. The summed E-state index contributed by atoms with van der Waals surface area (Å²) in [6.07, 6.45) is 1.41. The fraction of sp³-hybridized carbons (Fsp3) is 0.588. The molecule has 1 aromatic rings. The van der Waals surface area contributed by atoms with Crippen molar-refractivity contribution in [1.82, 2.24) is 15.5 Å². The summed E-state index contributed by atoms with van der Waals surface area (Å²) in [7, 11) is 2.03. The highest BCUT2D eigenvalue weighted by Gasteiger charge is 2.42. The quantitative estimate of drug-likeness (QED) is 0.868. The molecule has 0 bridgehead atoms. The third kappa shape index (κ3) is 4.07. The average Bonchev–Trinajstić information content (AvgIpc) is 2.54. The SMILES string of the molecule is CN1CC(C(=O)NCc2ccc(F)cc2)OC2(CCNCC2)C1. The molecule has 2 aliphatic heterocycles. The molecule has 2 fully saturated rings. The van der Waals surface area contributed by atoms with Crippen LogP contribution in [0, 0.1) is 5.82 Å². The lowest BCUT2D eigenvalue weighted by molar-refractivity contribution is -0.176. The zero-order valence-electron chi connectivity index (χ0n) is 13.5. The highest BCUT2D eigenvalue weighted by molar-refractivity contribution is 5.81. The second-order valence-electron chi connectivity index (χ2n) is 6.58. The van der Waals surface area contributed by atoms with Gasteiger partial charge >= 0.3 is 0 Å². The topological polar surface area (TPSA) is 53.6 Å². The van der Waals surface area contributed by atoms with Gasteiger partial charge in [-0.05, 0) is 50.7 Å². The van der Waals surface area contributed by atoms with E-state index < -0.39 is 6.10 Å². The highest BCUT2D eigenvalue weighted by atomic mass is 19.1. The summed E-state index contributed by atoms with van der Waals surface area (Å²) < 4.78 is 19.1. The number of amides is 1. The Balaban J connectivity index is 1.58. The van der Waals surface area contributed by atoms with Gasteiger partial charge in [-0.3, -0.25) is 4.79 Å². The van der Waals surface area contributed by atoms with Crippen LogP contribution in [0.5, 0.6) is 0 Å². The molecule has 1 aromatic carbocycles. The first-order valence-electron chi connectivity index (χ1n) is 8.16. The molecule has 0 aliphatic carbocycles. The van der Waals surface area contributed by atoms with E-state index in [1.807, 2.05) is 7.05 Å². The van der Waals surface area contributed by atoms with Crippen molar-refractivity contribution in [1.29, 1.82) is 0 Å². The van der Waals surface area contributed by atoms with E-state index in [9.17, 15) is 9.18 Å². The summed E-state index contributed by atoms with van der Waals surface area (Å²) in [4.78, 5) is 14.6. The Morgan fingerprint density at radius 1 is 1.39 bits per heavy atom. The number of hydrogen-bond acceptors (Lipinski definition) is 4. The maximum Gasteiger partial charge on any atom is 0.250 e. The van der Waals surface area contributed by atoms with E-state index in [1.165, 1.54) is 12.1 Å². The number of nitrogens with one attached hydrogen (secondary N) is 2. The number of carbonyl (C=O) groups excluding carboxylic acids is 1. The summed E-state index contributed by atoms with van der Waals surface area (Å²) in [5.41, 5.74) is 0.663. The number of likely N-dealkylation sites (N-methyl/N-ethyl adjacent to an activating group) is 1. The molecule has 2 N–H and O–H groups in total. The van der Waals surface area contributed by atoms with Crippen LogP contribution in [0.4, 0.5) is 4.39 Å². The van der Waals surface area contributed by atoms with Crippen molar-refractivity contribution in [2.45, 2.75) is 31.1 Å². The third-order valence-electron chi connectivity index (χ3n) is 4.62. The number of nitrogens with zero attached hydrogens (tertiary/aromatic N) is 1. The molecule has 1 unspecified atom stereocenters. The molecule has 1 atom stereocenters. The van der Waals surface area contributed by atoms with Gasteiger partial charge in [-0.25, -0.2) is 4.39 Å². The van der Waals surface area contributed by atoms with Gasteiger partial charge in [0.05, 0.1) is 5.60 Å². The lowest BCUT2D eigenvalue weighted by Gasteiger charge is -2.46. The molecule has 0 radical (unpaired) electrons. The molecule has 0 aromatic heterocycles. The van der Waals surface area contributed by atoms with Crippen molar-refractivity contribution >= 4 is 5.91 Å². The van der Waals surface area contributed by atoms with Crippen molar-refractivity contribution < 1.29 is 13.9 Å². The van der Waals surface area contributed by atoms with Crippen LogP contribution in [0.25, 0.3) is 0 Å². The Hall–Kier alpha value is -1.50. The average molecular weight is 321 g/mol. The Morgan fingerprint density at radius 3 is 2.78 bits per heavy atom. The van der Waals surface area contributed by atoms with Gasteiger partial charge in [0.15, 0.2) is 0 Å². The molecule has 126 valence electrons. The van der Waals surface area contributed by atoms with E-state index in [2.05, 4.69) is 15.5 Å². The first-order chi connectivity index (χ1) is 11.1. The van der Waals surface area contributed by atoms with Crippen LogP contribution in [0.3, 0.4) is 0 Å². The standard InChI is InChI=1S/C17H24FN3O2/c1-21-11-15(23-17(12-21)6-8-19-9-7-17)16(22)20-10-13-2-4-14(18)5-3-13/h2-5,15,19H,6-12H2,1H3,(H,20,22). The molecule has 6 heteroatoms. The van der Waals surface area contributed by atoms with Crippen molar-refractivity contribution in [3.05, 3.63) is 35.6 Å². The third-order valence-corrected chi connectivity index (χ3v) is 4.62. The molecule has 5 nitrogen and oxygen atoms in total. The van der Waals surface area contributed by atoms with Crippen molar-refractivity contribution in [3.8, 4) is 0 Å². The fourth-order valence-electron chi connectivity index (χ4n) is 3.42. The predicted octanol–water partition coefficient (Wildman–Crippen LogP) is 0.895. The Kier molecular flexibility index (Phi) is 4.94. The molecular weight excluding hydrogens is 297 g/mol. The van der Waals surface area contributed by atoms with E-state index >= 15 is 0 Å². The number of rotatable bonds is 3. The van der Waals surface area contributed by atoms with Gasteiger partial charge in [-0.15, -0.1) is 0 Å². The number of piperidine rings is 1. The second-order valence-corrected chi connectivity index (χ2v) is 6.58. The summed E-state index contributed by atoms with van der Waals surface area (Å²) >= 11 is 0. The maximum absolute atomic E-state index is 12.9. The number of morpholine rings is 1. The molecule has 2 saturated heterocycles. The molecule has 0 saturated carbocycles. The zero-order valence-corrected chi connectivity index (χ0v) is 13.5. The van der Waals surface area contributed by atoms with Crippen LogP contribution in [0.1, 0.15) is 18.4 Å². The van der Waals surface area contributed by atoms with Crippen molar-refractivity contribution in [3.63, 3.8) is 0 Å². The summed E-state index contributed by atoms with van der Waals surface area (Å²) in [5.74, 6) is -0.371. The van der Waals surface area contributed by atoms with Crippen LogP contribution in [-0.2, 0) is 16.1 Å².